The number of nitrogens with one attached hydrogen (secondary N) is 1. The molecule has 1 rings (SSSR count). The van der Waals surface area contributed by atoms with Gasteiger partial charge in [-0.2, -0.15) is 24.9 Å². The molecule has 0 spiro atoms. The van der Waals surface area contributed by atoms with Crippen LogP contribution in [0.25, 0.3) is 0 Å². The normalized spacial score (nSPS) is 11.2. The predicted octanol–water partition coefficient (Wildman–Crippen LogP) is 4.35. The summed E-state index contributed by atoms with van der Waals surface area (Å²) in [7, 11) is 0. The number of nitrogens with two attached hydrogens (primary N) is 1. The highest BCUT2D eigenvalue weighted by atomic mass is 32.2. The van der Waals surface area contributed by atoms with Crippen molar-refractivity contribution in [3.05, 3.63) is 35.4 Å². The van der Waals surface area contributed by atoms with Crippen LogP contribution in [0.4, 0.5) is 18.0 Å². The number of alkyl halides is 3. The minimum atomic E-state index is -4.35. The number of thioether (sulfide) groups is 1. The number of primary amides is 1. The van der Waals surface area contributed by atoms with E-state index in [9.17, 15) is 22.8 Å². The van der Waals surface area contributed by atoms with Crippen LogP contribution in [-0.4, -0.2) is 29.6 Å². The van der Waals surface area contributed by atoms with E-state index in [1.807, 2.05) is 6.26 Å². The standard InChI is InChI=1S/C13H16F3NOS.C5H11NO2/c1-19-7-3-6-12(18)17-9-10-4-2-5-11(8-10)13(14,15)16;1-5(2,3)8-4(6)7/h2,4-5,8H,3,6-7,9H2,1H3,(H,17,18);1-3H3,(H2,6,7). The fraction of sp³-hybridized carbons (Fsp3) is 0.556. The van der Waals surface area contributed by atoms with Gasteiger partial charge in [-0.3, -0.25) is 4.79 Å². The van der Waals surface area contributed by atoms with Crippen LogP contribution in [0.5, 0.6) is 0 Å². The number of carbonyl (C=O) groups is 2. The summed E-state index contributed by atoms with van der Waals surface area (Å²) in [6.07, 6.45) is -1.94. The Bertz CT molecular complexity index is 602. The van der Waals surface area contributed by atoms with Crippen LogP contribution < -0.4 is 11.1 Å². The zero-order valence-electron chi connectivity index (χ0n) is 16.0. The first-order chi connectivity index (χ1) is 12.3. The lowest BCUT2D eigenvalue weighted by Crippen LogP contribution is -2.27. The van der Waals surface area contributed by atoms with Crippen LogP contribution in [0, 0.1) is 0 Å². The van der Waals surface area contributed by atoms with Crippen molar-refractivity contribution in [2.45, 2.75) is 51.9 Å². The molecule has 0 heterocycles. The predicted molar refractivity (Wildman–Crippen MR) is 101 cm³/mol. The molecular formula is C18H27F3N2O3S. The average Bonchev–Trinajstić information content (AvgIpc) is 2.51. The van der Waals surface area contributed by atoms with Gasteiger partial charge in [0.15, 0.2) is 0 Å². The SMILES string of the molecule is CC(C)(C)OC(N)=O.CSCCCC(=O)NCc1cccc(C(F)(F)F)c1. The number of carbonyl (C=O) groups excluding carboxylic acids is 2. The smallest absolute Gasteiger partial charge is 0.416 e. The molecular weight excluding hydrogens is 381 g/mol. The van der Waals surface area contributed by atoms with Crippen LogP contribution >= 0.6 is 11.8 Å². The summed E-state index contributed by atoms with van der Waals surface area (Å²) in [6.45, 7) is 5.41. The molecule has 154 valence electrons. The number of hydrogen-bond acceptors (Lipinski definition) is 4. The van der Waals surface area contributed by atoms with Crippen molar-refractivity contribution in [1.29, 1.82) is 0 Å². The van der Waals surface area contributed by atoms with Gasteiger partial charge < -0.3 is 15.8 Å². The van der Waals surface area contributed by atoms with E-state index in [0.717, 1.165) is 24.3 Å². The summed E-state index contributed by atoms with van der Waals surface area (Å²) in [4.78, 5) is 21.4. The van der Waals surface area contributed by atoms with Crippen LogP contribution in [0.1, 0.15) is 44.7 Å². The second-order valence-corrected chi connectivity index (χ2v) is 7.59. The van der Waals surface area contributed by atoms with E-state index in [4.69, 9.17) is 5.73 Å². The van der Waals surface area contributed by atoms with Gasteiger partial charge in [0, 0.05) is 13.0 Å². The maximum atomic E-state index is 12.5. The average molecular weight is 408 g/mol. The number of amides is 2. The molecule has 0 aliphatic heterocycles. The van der Waals surface area contributed by atoms with E-state index in [1.54, 1.807) is 38.6 Å². The van der Waals surface area contributed by atoms with Crippen molar-refractivity contribution in [3.8, 4) is 0 Å². The number of hydrogen-bond donors (Lipinski definition) is 2. The fourth-order valence-electron chi connectivity index (χ4n) is 1.83. The molecule has 0 radical (unpaired) electrons. The molecule has 27 heavy (non-hydrogen) atoms. The van der Waals surface area contributed by atoms with E-state index < -0.39 is 23.4 Å². The molecule has 1 aromatic rings. The third kappa shape index (κ3) is 13.9. The Hall–Kier alpha value is -1.90. The molecule has 0 saturated heterocycles. The molecule has 0 bridgehead atoms. The summed E-state index contributed by atoms with van der Waals surface area (Å²) in [5.41, 5.74) is 4.02. The first-order valence-corrected chi connectivity index (χ1v) is 9.64. The largest absolute Gasteiger partial charge is 0.444 e. The lowest BCUT2D eigenvalue weighted by molar-refractivity contribution is -0.137. The Labute approximate surface area is 162 Å². The first-order valence-electron chi connectivity index (χ1n) is 8.25. The summed E-state index contributed by atoms with van der Waals surface area (Å²) in [5, 5.41) is 2.62. The highest BCUT2D eigenvalue weighted by Crippen LogP contribution is 2.29. The van der Waals surface area contributed by atoms with E-state index in [2.05, 4.69) is 10.1 Å². The first kappa shape index (κ1) is 25.1. The molecule has 1 aromatic carbocycles. The lowest BCUT2D eigenvalue weighted by atomic mass is 10.1. The van der Waals surface area contributed by atoms with Crippen LogP contribution in [-0.2, 0) is 22.3 Å². The Morgan fingerprint density at radius 3 is 2.30 bits per heavy atom. The van der Waals surface area contributed by atoms with Gasteiger partial charge in [-0.15, -0.1) is 0 Å². The Morgan fingerprint density at radius 1 is 1.22 bits per heavy atom. The molecule has 0 saturated carbocycles. The summed E-state index contributed by atoms with van der Waals surface area (Å²) >= 11 is 1.66. The number of benzene rings is 1. The molecule has 0 aliphatic rings. The molecule has 3 N–H and O–H groups in total. The maximum Gasteiger partial charge on any atom is 0.416 e. The van der Waals surface area contributed by atoms with Crippen LogP contribution in [0.15, 0.2) is 24.3 Å². The zero-order valence-corrected chi connectivity index (χ0v) is 16.8. The van der Waals surface area contributed by atoms with E-state index >= 15 is 0 Å². The summed E-state index contributed by atoms with van der Waals surface area (Å²) in [5.74, 6) is 0.767. The molecule has 9 heteroatoms. The molecule has 0 aliphatic carbocycles. The van der Waals surface area contributed by atoms with Gasteiger partial charge in [0.1, 0.15) is 5.60 Å². The Balaban J connectivity index is 0.000000713. The van der Waals surface area contributed by atoms with E-state index in [1.165, 1.54) is 6.07 Å². The second kappa shape index (κ2) is 11.7. The number of ether oxygens (including phenoxy) is 1. The zero-order chi connectivity index (χ0) is 21.1. The van der Waals surface area contributed by atoms with Crippen LogP contribution in [0.2, 0.25) is 0 Å². The van der Waals surface area contributed by atoms with E-state index in [0.29, 0.717) is 12.0 Å². The molecule has 0 aromatic heterocycles. The van der Waals surface area contributed by atoms with Gasteiger partial charge in [-0.1, -0.05) is 12.1 Å². The summed E-state index contributed by atoms with van der Waals surface area (Å²) < 4.78 is 42.0. The van der Waals surface area contributed by atoms with E-state index in [-0.39, 0.29) is 12.5 Å². The van der Waals surface area contributed by atoms with Gasteiger partial charge in [-0.25, -0.2) is 4.79 Å². The minimum absolute atomic E-state index is 0.127. The second-order valence-electron chi connectivity index (χ2n) is 6.60. The molecule has 2 amide bonds. The van der Waals surface area contributed by atoms with Crippen molar-refractivity contribution >= 4 is 23.8 Å². The van der Waals surface area contributed by atoms with Crippen molar-refractivity contribution < 1.29 is 27.5 Å². The molecule has 0 fully saturated rings. The van der Waals surface area contributed by atoms with Gasteiger partial charge in [0.25, 0.3) is 0 Å². The van der Waals surface area contributed by atoms with Gasteiger partial charge in [0.2, 0.25) is 5.91 Å². The Kier molecular flexibility index (Phi) is 10.9. The van der Waals surface area contributed by atoms with Crippen molar-refractivity contribution in [1.82, 2.24) is 5.32 Å². The molecule has 0 atom stereocenters. The Morgan fingerprint density at radius 2 is 1.85 bits per heavy atom. The van der Waals surface area contributed by atoms with Gasteiger partial charge in [0.05, 0.1) is 5.56 Å². The molecule has 0 unspecified atom stereocenters. The summed E-state index contributed by atoms with van der Waals surface area (Å²) in [6, 6.07) is 4.99. The fourth-order valence-corrected chi connectivity index (χ4v) is 2.26. The minimum Gasteiger partial charge on any atom is -0.444 e. The van der Waals surface area contributed by atoms with Crippen molar-refractivity contribution in [2.24, 2.45) is 5.73 Å². The highest BCUT2D eigenvalue weighted by Gasteiger charge is 2.30. The third-order valence-electron chi connectivity index (χ3n) is 2.90. The van der Waals surface area contributed by atoms with Crippen LogP contribution in [0.3, 0.4) is 0 Å². The van der Waals surface area contributed by atoms with Gasteiger partial charge in [-0.05, 0) is 56.9 Å². The topological polar surface area (TPSA) is 81.4 Å². The lowest BCUT2D eigenvalue weighted by Gasteiger charge is -2.16. The number of rotatable bonds is 6. The highest BCUT2D eigenvalue weighted by molar-refractivity contribution is 7.98. The third-order valence-corrected chi connectivity index (χ3v) is 3.60. The monoisotopic (exact) mass is 408 g/mol. The van der Waals surface area contributed by atoms with Crippen molar-refractivity contribution in [3.63, 3.8) is 0 Å². The molecule has 5 nitrogen and oxygen atoms in total. The van der Waals surface area contributed by atoms with Crippen molar-refractivity contribution in [2.75, 3.05) is 12.0 Å². The maximum absolute atomic E-state index is 12.5. The quantitative estimate of drug-likeness (QED) is 0.686. The van der Waals surface area contributed by atoms with Gasteiger partial charge >= 0.3 is 12.3 Å². The number of halogens is 3.